The lowest BCUT2D eigenvalue weighted by Crippen LogP contribution is -2.43. The number of anilines is 1. The number of amides is 1. The van der Waals surface area contributed by atoms with E-state index < -0.39 is 5.97 Å². The van der Waals surface area contributed by atoms with Gasteiger partial charge < -0.3 is 15.3 Å². The summed E-state index contributed by atoms with van der Waals surface area (Å²) >= 11 is 0. The van der Waals surface area contributed by atoms with E-state index in [0.717, 1.165) is 12.8 Å². The fraction of sp³-hybridized carbons (Fsp3) is 0.538. The quantitative estimate of drug-likeness (QED) is 0.744. The second-order valence-corrected chi connectivity index (χ2v) is 5.01. The Labute approximate surface area is 117 Å². The van der Waals surface area contributed by atoms with Crippen molar-refractivity contribution in [1.29, 1.82) is 0 Å². The zero-order valence-corrected chi connectivity index (χ0v) is 11.3. The molecule has 1 aromatic heterocycles. The van der Waals surface area contributed by atoms with E-state index in [-0.39, 0.29) is 24.9 Å². The van der Waals surface area contributed by atoms with Crippen molar-refractivity contribution in [3.63, 3.8) is 0 Å². The minimum atomic E-state index is -0.887. The molecule has 1 saturated carbocycles. The van der Waals surface area contributed by atoms with Gasteiger partial charge in [-0.05, 0) is 24.8 Å². The highest BCUT2D eigenvalue weighted by Crippen LogP contribution is 2.34. The van der Waals surface area contributed by atoms with Crippen molar-refractivity contribution in [2.75, 3.05) is 18.5 Å². The Balaban J connectivity index is 1.86. The van der Waals surface area contributed by atoms with Gasteiger partial charge in [0, 0.05) is 25.5 Å². The average Bonchev–Trinajstić information content (AvgIpc) is 3.22. The van der Waals surface area contributed by atoms with Crippen molar-refractivity contribution < 1.29 is 14.7 Å². The third-order valence-corrected chi connectivity index (χ3v) is 3.21. The summed E-state index contributed by atoms with van der Waals surface area (Å²) < 4.78 is 0. The normalized spacial score (nSPS) is 15.4. The standard InChI is InChI=1S/C13H18N4O3/c1-17(13-14-5-2-6-15-13)8-11(18)16-10(7-12(19)20)9-3-4-9/h2,5-6,9-10H,3-4,7-8H2,1H3,(H,16,18)(H,19,20). The lowest BCUT2D eigenvalue weighted by Gasteiger charge is -2.20. The molecule has 7 heteroatoms. The van der Waals surface area contributed by atoms with Crippen LogP contribution in [-0.4, -0.2) is 46.6 Å². The summed E-state index contributed by atoms with van der Waals surface area (Å²) in [5.41, 5.74) is 0. The number of nitrogens with one attached hydrogen (secondary N) is 1. The number of aromatic nitrogens is 2. The molecule has 0 bridgehead atoms. The molecule has 0 saturated heterocycles. The third-order valence-electron chi connectivity index (χ3n) is 3.21. The van der Waals surface area contributed by atoms with Gasteiger partial charge in [0.15, 0.2) is 0 Å². The number of carboxylic acids is 1. The Kier molecular flexibility index (Phi) is 4.49. The van der Waals surface area contributed by atoms with Crippen LogP contribution in [0.4, 0.5) is 5.95 Å². The van der Waals surface area contributed by atoms with Crippen molar-refractivity contribution in [2.45, 2.75) is 25.3 Å². The third kappa shape index (κ3) is 4.18. The maximum Gasteiger partial charge on any atom is 0.305 e. The first-order valence-corrected chi connectivity index (χ1v) is 6.55. The van der Waals surface area contributed by atoms with Gasteiger partial charge in [-0.3, -0.25) is 9.59 Å². The smallest absolute Gasteiger partial charge is 0.305 e. The molecule has 108 valence electrons. The number of likely N-dealkylation sites (N-methyl/N-ethyl adjacent to an activating group) is 1. The zero-order valence-electron chi connectivity index (χ0n) is 11.3. The molecule has 7 nitrogen and oxygen atoms in total. The van der Waals surface area contributed by atoms with E-state index in [4.69, 9.17) is 5.11 Å². The van der Waals surface area contributed by atoms with Crippen molar-refractivity contribution in [3.8, 4) is 0 Å². The molecule has 2 rings (SSSR count). The Morgan fingerprint density at radius 3 is 2.65 bits per heavy atom. The number of aliphatic carboxylic acids is 1. The molecule has 0 spiro atoms. The molecule has 1 fully saturated rings. The number of hydrogen-bond donors (Lipinski definition) is 2. The highest BCUT2D eigenvalue weighted by atomic mass is 16.4. The molecule has 1 heterocycles. The summed E-state index contributed by atoms with van der Waals surface area (Å²) in [6.45, 7) is 0.104. The summed E-state index contributed by atoms with van der Waals surface area (Å²) in [6, 6.07) is 1.43. The summed E-state index contributed by atoms with van der Waals surface area (Å²) in [4.78, 5) is 32.5. The molecule has 0 aliphatic heterocycles. The molecular weight excluding hydrogens is 260 g/mol. The lowest BCUT2D eigenvalue weighted by atomic mass is 10.1. The van der Waals surface area contributed by atoms with Crippen LogP contribution in [-0.2, 0) is 9.59 Å². The second kappa shape index (κ2) is 6.31. The van der Waals surface area contributed by atoms with E-state index in [1.54, 1.807) is 30.4 Å². The molecular formula is C13H18N4O3. The lowest BCUT2D eigenvalue weighted by molar-refractivity contribution is -0.137. The van der Waals surface area contributed by atoms with Gasteiger partial charge in [0.25, 0.3) is 0 Å². The maximum absolute atomic E-state index is 11.9. The van der Waals surface area contributed by atoms with Gasteiger partial charge in [0.1, 0.15) is 0 Å². The number of carboxylic acid groups (broad SMARTS) is 1. The fourth-order valence-corrected chi connectivity index (χ4v) is 2.05. The molecule has 2 N–H and O–H groups in total. The van der Waals surface area contributed by atoms with E-state index in [1.165, 1.54) is 0 Å². The van der Waals surface area contributed by atoms with Crippen molar-refractivity contribution >= 4 is 17.8 Å². The molecule has 1 aliphatic carbocycles. The molecule has 1 atom stereocenters. The monoisotopic (exact) mass is 278 g/mol. The Morgan fingerprint density at radius 1 is 1.45 bits per heavy atom. The SMILES string of the molecule is CN(CC(=O)NC(CC(=O)O)C1CC1)c1ncccn1. The molecule has 20 heavy (non-hydrogen) atoms. The van der Waals surface area contributed by atoms with Crippen LogP contribution in [0.25, 0.3) is 0 Å². The van der Waals surface area contributed by atoms with E-state index >= 15 is 0 Å². The number of nitrogens with zero attached hydrogens (tertiary/aromatic N) is 3. The van der Waals surface area contributed by atoms with E-state index in [9.17, 15) is 9.59 Å². The molecule has 1 aromatic rings. The van der Waals surface area contributed by atoms with Crippen LogP contribution in [0.3, 0.4) is 0 Å². The van der Waals surface area contributed by atoms with Gasteiger partial charge >= 0.3 is 5.97 Å². The number of hydrogen-bond acceptors (Lipinski definition) is 5. The van der Waals surface area contributed by atoms with Crippen LogP contribution >= 0.6 is 0 Å². The van der Waals surface area contributed by atoms with Gasteiger partial charge in [0.05, 0.1) is 13.0 Å². The summed E-state index contributed by atoms with van der Waals surface area (Å²) in [6.07, 6.45) is 5.15. The van der Waals surface area contributed by atoms with Crippen molar-refractivity contribution in [2.24, 2.45) is 5.92 Å². The minimum absolute atomic E-state index is 0.0258. The first kappa shape index (κ1) is 14.2. The Bertz CT molecular complexity index is 476. The number of rotatable bonds is 7. The predicted octanol–water partition coefficient (Wildman–Crippen LogP) is 0.282. The number of carbonyl (C=O) groups excluding carboxylic acids is 1. The fourth-order valence-electron chi connectivity index (χ4n) is 2.05. The summed E-state index contributed by atoms with van der Waals surface area (Å²) in [5.74, 6) is -0.336. The topological polar surface area (TPSA) is 95.4 Å². The Morgan fingerprint density at radius 2 is 2.10 bits per heavy atom. The van der Waals surface area contributed by atoms with Gasteiger partial charge in [-0.15, -0.1) is 0 Å². The summed E-state index contributed by atoms with van der Waals surface area (Å²) in [7, 11) is 1.72. The summed E-state index contributed by atoms with van der Waals surface area (Å²) in [5, 5.41) is 11.6. The molecule has 1 unspecified atom stereocenters. The minimum Gasteiger partial charge on any atom is -0.481 e. The Hall–Kier alpha value is -2.18. The second-order valence-electron chi connectivity index (χ2n) is 5.01. The number of carbonyl (C=O) groups is 2. The first-order valence-electron chi connectivity index (χ1n) is 6.55. The largest absolute Gasteiger partial charge is 0.481 e. The van der Waals surface area contributed by atoms with Crippen LogP contribution in [0.15, 0.2) is 18.5 Å². The van der Waals surface area contributed by atoms with Crippen LogP contribution < -0.4 is 10.2 Å². The average molecular weight is 278 g/mol. The van der Waals surface area contributed by atoms with Crippen LogP contribution in [0, 0.1) is 5.92 Å². The van der Waals surface area contributed by atoms with Crippen molar-refractivity contribution in [3.05, 3.63) is 18.5 Å². The first-order chi connectivity index (χ1) is 9.56. The van der Waals surface area contributed by atoms with E-state index in [2.05, 4.69) is 15.3 Å². The van der Waals surface area contributed by atoms with Crippen molar-refractivity contribution in [1.82, 2.24) is 15.3 Å². The predicted molar refractivity (Wildman–Crippen MR) is 72.2 cm³/mol. The van der Waals surface area contributed by atoms with Crippen LogP contribution in [0.1, 0.15) is 19.3 Å². The van der Waals surface area contributed by atoms with Crippen LogP contribution in [0.2, 0.25) is 0 Å². The highest BCUT2D eigenvalue weighted by molar-refractivity contribution is 5.81. The van der Waals surface area contributed by atoms with Gasteiger partial charge in [-0.1, -0.05) is 0 Å². The molecule has 1 aliphatic rings. The van der Waals surface area contributed by atoms with Gasteiger partial charge in [-0.2, -0.15) is 0 Å². The maximum atomic E-state index is 11.9. The van der Waals surface area contributed by atoms with Crippen LogP contribution in [0.5, 0.6) is 0 Å². The van der Waals surface area contributed by atoms with Gasteiger partial charge in [0.2, 0.25) is 11.9 Å². The van der Waals surface area contributed by atoms with Gasteiger partial charge in [-0.25, -0.2) is 9.97 Å². The zero-order chi connectivity index (χ0) is 14.5. The van der Waals surface area contributed by atoms with E-state index in [1.807, 2.05) is 0 Å². The molecule has 0 radical (unpaired) electrons. The highest BCUT2D eigenvalue weighted by Gasteiger charge is 2.33. The van der Waals surface area contributed by atoms with E-state index in [0.29, 0.717) is 11.9 Å². The molecule has 0 aromatic carbocycles. The molecule has 1 amide bonds.